The number of hydrogen-bond donors (Lipinski definition) is 1. The first-order valence-corrected chi connectivity index (χ1v) is 6.56. The Morgan fingerprint density at radius 2 is 1.64 bits per heavy atom. The van der Waals surface area contributed by atoms with E-state index in [1.807, 2.05) is 0 Å². The molecule has 0 aromatic heterocycles. The van der Waals surface area contributed by atoms with Crippen LogP contribution in [0.3, 0.4) is 0 Å². The standard InChI is InChI=1S/C13H15F7O5/c1-6(2)9(22)24-5-4-8(21)25-7(3)12(16,17)11(23,10(14)15)13(18,19)20/h7,10,23H,1,4-5H2,2-3H3. The van der Waals surface area contributed by atoms with Crippen molar-refractivity contribution in [3.63, 3.8) is 0 Å². The number of carbonyl (C=O) groups excluding carboxylic acids is 2. The van der Waals surface area contributed by atoms with Crippen LogP contribution in [-0.4, -0.2) is 53.9 Å². The van der Waals surface area contributed by atoms with E-state index in [0.717, 1.165) is 0 Å². The quantitative estimate of drug-likeness (QED) is 0.396. The molecule has 12 heteroatoms. The summed E-state index contributed by atoms with van der Waals surface area (Å²) >= 11 is 0. The maximum Gasteiger partial charge on any atom is 0.429 e. The van der Waals surface area contributed by atoms with E-state index in [2.05, 4.69) is 16.1 Å². The zero-order valence-corrected chi connectivity index (χ0v) is 13.0. The molecule has 25 heavy (non-hydrogen) atoms. The van der Waals surface area contributed by atoms with Crippen molar-refractivity contribution in [1.82, 2.24) is 0 Å². The second-order valence-corrected chi connectivity index (χ2v) is 4.99. The van der Waals surface area contributed by atoms with Crippen molar-refractivity contribution in [3.8, 4) is 0 Å². The van der Waals surface area contributed by atoms with Crippen molar-refractivity contribution < 1.29 is 54.9 Å². The normalized spacial score (nSPS) is 16.1. The molecule has 0 aromatic rings. The molecule has 146 valence electrons. The predicted molar refractivity (Wildman–Crippen MR) is 67.9 cm³/mol. The van der Waals surface area contributed by atoms with Gasteiger partial charge in [-0.2, -0.15) is 22.0 Å². The summed E-state index contributed by atoms with van der Waals surface area (Å²) in [5.74, 6) is -8.03. The fraction of sp³-hybridized carbons (Fsp3) is 0.692. The van der Waals surface area contributed by atoms with Gasteiger partial charge in [-0.25, -0.2) is 13.6 Å². The van der Waals surface area contributed by atoms with E-state index >= 15 is 0 Å². The molecular formula is C13H15F7O5. The molecule has 0 aliphatic heterocycles. The highest BCUT2D eigenvalue weighted by molar-refractivity contribution is 5.87. The summed E-state index contributed by atoms with van der Waals surface area (Å²) in [5.41, 5.74) is -5.76. The van der Waals surface area contributed by atoms with E-state index in [4.69, 9.17) is 5.11 Å². The van der Waals surface area contributed by atoms with Crippen LogP contribution in [0.25, 0.3) is 0 Å². The first-order chi connectivity index (χ1) is 11.1. The number of aliphatic hydroxyl groups is 1. The largest absolute Gasteiger partial charge is 0.462 e. The Labute approximate surface area is 137 Å². The van der Waals surface area contributed by atoms with Gasteiger partial charge in [-0.15, -0.1) is 0 Å². The molecule has 0 heterocycles. The summed E-state index contributed by atoms with van der Waals surface area (Å²) in [5, 5.41) is 8.85. The molecular weight excluding hydrogens is 369 g/mol. The highest BCUT2D eigenvalue weighted by Gasteiger charge is 2.76. The maximum absolute atomic E-state index is 13.7. The lowest BCUT2D eigenvalue weighted by molar-refractivity contribution is -0.379. The van der Waals surface area contributed by atoms with Gasteiger partial charge >= 0.3 is 24.0 Å². The molecule has 0 saturated heterocycles. The average molecular weight is 384 g/mol. The summed E-state index contributed by atoms with van der Waals surface area (Å²) in [7, 11) is 0. The Bertz CT molecular complexity index is 517. The summed E-state index contributed by atoms with van der Waals surface area (Å²) in [4.78, 5) is 22.3. The minimum absolute atomic E-state index is 0.0413. The van der Waals surface area contributed by atoms with Crippen LogP contribution in [0.5, 0.6) is 0 Å². The monoisotopic (exact) mass is 384 g/mol. The number of esters is 2. The first kappa shape index (κ1) is 23.1. The average Bonchev–Trinajstić information content (AvgIpc) is 2.44. The SMILES string of the molecule is C=C(C)C(=O)OCCC(=O)OC(C)C(F)(F)C(O)(C(F)F)C(F)(F)F. The van der Waals surface area contributed by atoms with Crippen molar-refractivity contribution in [3.05, 3.63) is 12.2 Å². The van der Waals surface area contributed by atoms with E-state index in [0.29, 0.717) is 0 Å². The Balaban J connectivity index is 5.02. The van der Waals surface area contributed by atoms with Gasteiger partial charge in [0.1, 0.15) is 6.61 Å². The third kappa shape index (κ3) is 5.06. The fourth-order valence-electron chi connectivity index (χ4n) is 1.45. The molecule has 0 fully saturated rings. The van der Waals surface area contributed by atoms with Crippen LogP contribution in [0, 0.1) is 0 Å². The minimum Gasteiger partial charge on any atom is -0.462 e. The molecule has 0 amide bonds. The molecule has 0 rings (SSSR count). The highest BCUT2D eigenvalue weighted by Crippen LogP contribution is 2.48. The molecule has 0 aliphatic carbocycles. The van der Waals surface area contributed by atoms with E-state index in [1.54, 1.807) is 0 Å². The van der Waals surface area contributed by atoms with Gasteiger partial charge in [0, 0.05) is 5.57 Å². The number of halogens is 7. The minimum atomic E-state index is -6.40. The highest BCUT2D eigenvalue weighted by atomic mass is 19.4. The fourth-order valence-corrected chi connectivity index (χ4v) is 1.45. The summed E-state index contributed by atoms with van der Waals surface area (Å²) in [6.07, 6.45) is -15.2. The van der Waals surface area contributed by atoms with Gasteiger partial charge in [-0.1, -0.05) is 6.58 Å². The molecule has 2 atom stereocenters. The Kier molecular flexibility index (Phi) is 7.43. The molecule has 1 N–H and O–H groups in total. The summed E-state index contributed by atoms with van der Waals surface area (Å²) in [6, 6.07) is 0. The van der Waals surface area contributed by atoms with Crippen LogP contribution in [0.1, 0.15) is 20.3 Å². The predicted octanol–water partition coefficient (Wildman–Crippen LogP) is 2.62. The van der Waals surface area contributed by atoms with Gasteiger partial charge in [0.05, 0.1) is 6.42 Å². The van der Waals surface area contributed by atoms with Crippen LogP contribution in [-0.2, 0) is 19.1 Å². The molecule has 0 aromatic carbocycles. The molecule has 0 saturated carbocycles. The second kappa shape index (κ2) is 8.02. The molecule has 0 spiro atoms. The number of rotatable bonds is 8. The van der Waals surface area contributed by atoms with Gasteiger partial charge < -0.3 is 14.6 Å². The molecule has 5 nitrogen and oxygen atoms in total. The zero-order valence-electron chi connectivity index (χ0n) is 13.0. The third-order valence-corrected chi connectivity index (χ3v) is 2.96. The van der Waals surface area contributed by atoms with Crippen molar-refractivity contribution >= 4 is 11.9 Å². The Morgan fingerprint density at radius 3 is 2.00 bits per heavy atom. The van der Waals surface area contributed by atoms with Crippen LogP contribution in [0.2, 0.25) is 0 Å². The van der Waals surface area contributed by atoms with Gasteiger partial charge in [0.25, 0.3) is 12.0 Å². The summed E-state index contributed by atoms with van der Waals surface area (Å²) in [6.45, 7) is 4.01. The second-order valence-electron chi connectivity index (χ2n) is 4.99. The number of alkyl halides is 7. The number of carbonyl (C=O) groups is 2. The molecule has 2 unspecified atom stereocenters. The third-order valence-electron chi connectivity index (χ3n) is 2.96. The van der Waals surface area contributed by atoms with E-state index < -0.39 is 55.2 Å². The van der Waals surface area contributed by atoms with Crippen molar-refractivity contribution in [2.45, 2.75) is 50.5 Å². The maximum atomic E-state index is 13.7. The van der Waals surface area contributed by atoms with Crippen molar-refractivity contribution in [2.24, 2.45) is 0 Å². The van der Waals surface area contributed by atoms with E-state index in [9.17, 15) is 40.3 Å². The van der Waals surface area contributed by atoms with Crippen molar-refractivity contribution in [1.29, 1.82) is 0 Å². The van der Waals surface area contributed by atoms with Crippen LogP contribution >= 0.6 is 0 Å². The zero-order chi connectivity index (χ0) is 20.2. The van der Waals surface area contributed by atoms with Crippen LogP contribution < -0.4 is 0 Å². The van der Waals surface area contributed by atoms with Gasteiger partial charge in [0.15, 0.2) is 6.10 Å². The lowest BCUT2D eigenvalue weighted by atomic mass is 9.91. The van der Waals surface area contributed by atoms with Gasteiger partial charge in [-0.3, -0.25) is 4.79 Å². The molecule has 0 bridgehead atoms. The lowest BCUT2D eigenvalue weighted by Gasteiger charge is -2.38. The Morgan fingerprint density at radius 1 is 1.16 bits per heavy atom. The van der Waals surface area contributed by atoms with Gasteiger partial charge in [0.2, 0.25) is 0 Å². The van der Waals surface area contributed by atoms with E-state index in [-0.39, 0.29) is 12.5 Å². The number of ether oxygens (including phenoxy) is 2. The van der Waals surface area contributed by atoms with Crippen LogP contribution in [0.4, 0.5) is 30.7 Å². The van der Waals surface area contributed by atoms with Crippen LogP contribution in [0.15, 0.2) is 12.2 Å². The number of hydrogen-bond acceptors (Lipinski definition) is 5. The summed E-state index contributed by atoms with van der Waals surface area (Å²) < 4.78 is 98.3. The first-order valence-electron chi connectivity index (χ1n) is 6.56. The molecule has 0 aliphatic rings. The Hall–Kier alpha value is -1.85. The molecule has 0 radical (unpaired) electrons. The van der Waals surface area contributed by atoms with Gasteiger partial charge in [-0.05, 0) is 13.8 Å². The smallest absolute Gasteiger partial charge is 0.429 e. The van der Waals surface area contributed by atoms with E-state index in [1.165, 1.54) is 6.92 Å². The lowest BCUT2D eigenvalue weighted by Crippen LogP contribution is -2.67. The topological polar surface area (TPSA) is 72.8 Å². The van der Waals surface area contributed by atoms with Crippen molar-refractivity contribution in [2.75, 3.05) is 6.61 Å².